The number of benzene rings is 2. The lowest BCUT2D eigenvalue weighted by Crippen LogP contribution is -2.41. The van der Waals surface area contributed by atoms with Gasteiger partial charge in [-0.1, -0.05) is 24.3 Å². The van der Waals surface area contributed by atoms with Gasteiger partial charge in [-0.2, -0.15) is 10.5 Å². The van der Waals surface area contributed by atoms with Gasteiger partial charge in [0, 0.05) is 80.6 Å². The molecule has 4 aliphatic heterocycles. The maximum atomic E-state index is 10.7. The van der Waals surface area contributed by atoms with E-state index in [1.807, 2.05) is 18.4 Å². The zero-order chi connectivity index (χ0) is 45.7. The molecule has 66 heavy (non-hydrogen) atoms. The Hall–Kier alpha value is -4.84. The van der Waals surface area contributed by atoms with Crippen LogP contribution < -0.4 is 14.5 Å². The lowest BCUT2D eigenvalue weighted by Gasteiger charge is -2.39. The Bertz CT molecular complexity index is 2630. The number of aryl methyl sites for hydroxylation is 2. The van der Waals surface area contributed by atoms with Gasteiger partial charge in [-0.25, -0.2) is 9.97 Å². The fraction of sp³-hybridized carbons (Fsp3) is 0.490. The molecule has 5 aromatic rings. The molecular weight excluding hydrogens is 873 g/mol. The number of thioether (sulfide) groups is 2. The van der Waals surface area contributed by atoms with Crippen molar-refractivity contribution >= 4 is 46.1 Å². The molecule has 0 bridgehead atoms. The summed E-state index contributed by atoms with van der Waals surface area (Å²) in [6, 6.07) is 19.7. The first-order valence-electron chi connectivity index (χ1n) is 22.9. The normalized spacial score (nSPS) is 19.2. The quantitative estimate of drug-likeness (QED) is 0.0690. The number of anilines is 2. The summed E-state index contributed by atoms with van der Waals surface area (Å²) >= 11 is 3.27. The van der Waals surface area contributed by atoms with E-state index < -0.39 is 5.60 Å². The molecule has 0 radical (unpaired) electrons. The number of ether oxygens (including phenoxy) is 6. The van der Waals surface area contributed by atoms with E-state index in [2.05, 4.69) is 73.0 Å². The van der Waals surface area contributed by atoms with Crippen molar-refractivity contribution in [2.45, 2.75) is 87.3 Å². The molecule has 0 amide bonds. The molecule has 2 aromatic carbocycles. The first-order chi connectivity index (χ1) is 32.1. The average Bonchev–Trinajstić information content (AvgIpc) is 3.73. The Balaban J connectivity index is 0.902. The lowest BCUT2D eigenvalue weighted by atomic mass is 9.84. The van der Waals surface area contributed by atoms with Crippen LogP contribution in [0.2, 0.25) is 0 Å². The highest BCUT2D eigenvalue weighted by Crippen LogP contribution is 2.42. The summed E-state index contributed by atoms with van der Waals surface area (Å²) in [5.74, 6) is 4.14. The predicted molar refractivity (Wildman–Crippen MR) is 256 cm³/mol. The highest BCUT2D eigenvalue weighted by atomic mass is 32.2. The predicted octanol–water partition coefficient (Wildman–Crippen LogP) is 8.26. The van der Waals surface area contributed by atoms with Gasteiger partial charge in [0.1, 0.15) is 51.8 Å². The second-order valence-corrected chi connectivity index (χ2v) is 20.3. The van der Waals surface area contributed by atoms with Crippen molar-refractivity contribution in [3.8, 4) is 17.9 Å². The zero-order valence-corrected chi connectivity index (χ0v) is 40.0. The molecule has 0 spiro atoms. The fourth-order valence-electron chi connectivity index (χ4n) is 9.42. The molecule has 13 nitrogen and oxygen atoms in total. The summed E-state index contributed by atoms with van der Waals surface area (Å²) in [7, 11) is 1.67. The Morgan fingerprint density at radius 2 is 1.36 bits per heavy atom. The van der Waals surface area contributed by atoms with Gasteiger partial charge in [0.25, 0.3) is 0 Å². The number of hydrogen-bond acceptors (Lipinski definition) is 15. The summed E-state index contributed by atoms with van der Waals surface area (Å²) in [5.41, 5.74) is 8.73. The number of hydrogen-bond donors (Lipinski definition) is 0. The number of fused-ring (bicyclic) bond motifs is 3. The van der Waals surface area contributed by atoms with E-state index in [4.69, 9.17) is 42.8 Å². The van der Waals surface area contributed by atoms with Crippen LogP contribution >= 0.6 is 23.5 Å². The molecule has 1 unspecified atom stereocenters. The van der Waals surface area contributed by atoms with E-state index in [-0.39, 0.29) is 5.60 Å². The molecule has 0 aliphatic carbocycles. The van der Waals surface area contributed by atoms with Crippen molar-refractivity contribution in [2.75, 3.05) is 94.2 Å². The van der Waals surface area contributed by atoms with E-state index in [1.165, 1.54) is 0 Å². The standard InChI is InChI=1S/C51H58N6O7S2/c1-50(2)27-39-41(29-52)48(54-46(43(39)32-63-50)56-12-16-59-17-13-56)66-23-11-36-31-62-45-25-35(8-9-38(36)45)26-51(3)28-40-42(30-53)49(55-47(44(40)33-64-51)57-14-18-60-19-15-57)65-22-10-34-6-5-7-37(24-34)61-21-20-58-4/h5-9,24-25,31H,10-23,26-28,32-33H2,1-4H3. The van der Waals surface area contributed by atoms with Crippen LogP contribution in [-0.4, -0.2) is 106 Å². The van der Waals surface area contributed by atoms with Crippen molar-refractivity contribution in [3.63, 3.8) is 0 Å². The third-order valence-electron chi connectivity index (χ3n) is 12.9. The van der Waals surface area contributed by atoms with Crippen molar-refractivity contribution in [2.24, 2.45) is 0 Å². The Kier molecular flexibility index (Phi) is 14.4. The summed E-state index contributed by atoms with van der Waals surface area (Å²) < 4.78 is 41.6. The number of aromatic nitrogens is 2. The maximum absolute atomic E-state index is 10.7. The number of rotatable bonds is 16. The molecule has 7 heterocycles. The van der Waals surface area contributed by atoms with Gasteiger partial charge < -0.3 is 42.6 Å². The average molecular weight is 931 g/mol. The van der Waals surface area contributed by atoms with Gasteiger partial charge >= 0.3 is 0 Å². The Morgan fingerprint density at radius 3 is 2.02 bits per heavy atom. The summed E-state index contributed by atoms with van der Waals surface area (Å²) in [6.07, 6.45) is 5.32. The number of morpholine rings is 2. The molecule has 15 heteroatoms. The van der Waals surface area contributed by atoms with Crippen LogP contribution in [-0.2, 0) is 69.0 Å². The van der Waals surface area contributed by atoms with Gasteiger partial charge in [-0.15, -0.1) is 23.5 Å². The molecule has 3 aromatic heterocycles. The maximum Gasteiger partial charge on any atom is 0.135 e. The second-order valence-electron chi connectivity index (χ2n) is 18.2. The molecule has 2 fully saturated rings. The summed E-state index contributed by atoms with van der Waals surface area (Å²) in [5, 5.41) is 23.8. The first kappa shape index (κ1) is 46.3. The van der Waals surface area contributed by atoms with E-state index in [9.17, 15) is 10.5 Å². The second kappa shape index (κ2) is 20.6. The van der Waals surface area contributed by atoms with E-state index in [0.717, 1.165) is 128 Å². The molecule has 0 saturated carbocycles. The van der Waals surface area contributed by atoms with Crippen LogP contribution in [0.15, 0.2) is 63.2 Å². The largest absolute Gasteiger partial charge is 0.491 e. The number of pyridine rings is 2. The van der Waals surface area contributed by atoms with Crippen LogP contribution in [0.4, 0.5) is 11.6 Å². The highest BCUT2D eigenvalue weighted by Gasteiger charge is 2.37. The third kappa shape index (κ3) is 10.3. The van der Waals surface area contributed by atoms with E-state index in [0.29, 0.717) is 83.2 Å². The molecule has 0 N–H and O–H groups in total. The van der Waals surface area contributed by atoms with Gasteiger partial charge in [0.05, 0.1) is 74.8 Å². The van der Waals surface area contributed by atoms with Gasteiger partial charge in [-0.3, -0.25) is 0 Å². The van der Waals surface area contributed by atoms with Crippen LogP contribution in [0, 0.1) is 22.7 Å². The fourth-order valence-corrected chi connectivity index (χ4v) is 11.4. The number of furan rings is 1. The van der Waals surface area contributed by atoms with Crippen LogP contribution in [0.5, 0.6) is 5.75 Å². The minimum Gasteiger partial charge on any atom is -0.491 e. The van der Waals surface area contributed by atoms with Gasteiger partial charge in [0.15, 0.2) is 0 Å². The van der Waals surface area contributed by atoms with Crippen LogP contribution in [0.3, 0.4) is 0 Å². The van der Waals surface area contributed by atoms with Crippen molar-refractivity contribution in [1.29, 1.82) is 10.5 Å². The zero-order valence-electron chi connectivity index (χ0n) is 38.4. The van der Waals surface area contributed by atoms with E-state index in [1.54, 1.807) is 30.6 Å². The van der Waals surface area contributed by atoms with Crippen LogP contribution in [0.1, 0.15) is 70.8 Å². The highest BCUT2D eigenvalue weighted by molar-refractivity contribution is 7.99. The minimum atomic E-state index is -0.561. The smallest absolute Gasteiger partial charge is 0.135 e. The molecule has 1 atom stereocenters. The molecule has 4 aliphatic rings. The minimum absolute atomic E-state index is 0.355. The summed E-state index contributed by atoms with van der Waals surface area (Å²) in [6.45, 7) is 13.8. The van der Waals surface area contributed by atoms with Crippen molar-refractivity contribution < 1.29 is 32.8 Å². The number of methoxy groups -OCH3 is 1. The topological polar surface area (TPSA) is 148 Å². The van der Waals surface area contributed by atoms with Gasteiger partial charge in [0.2, 0.25) is 0 Å². The molecular formula is C51H58N6O7S2. The van der Waals surface area contributed by atoms with Crippen molar-refractivity contribution in [1.82, 2.24) is 9.97 Å². The van der Waals surface area contributed by atoms with Gasteiger partial charge in [-0.05, 0) is 79.6 Å². The lowest BCUT2D eigenvalue weighted by molar-refractivity contribution is -0.0537. The molecule has 2 saturated heterocycles. The third-order valence-corrected chi connectivity index (χ3v) is 14.8. The van der Waals surface area contributed by atoms with E-state index >= 15 is 0 Å². The van der Waals surface area contributed by atoms with Crippen molar-refractivity contribution in [3.05, 3.63) is 98.8 Å². The monoisotopic (exact) mass is 930 g/mol. The number of nitrogens with zero attached hydrogens (tertiary/aromatic N) is 6. The molecule has 346 valence electrons. The Morgan fingerprint density at radius 1 is 0.727 bits per heavy atom. The number of nitriles is 2. The molecule has 9 rings (SSSR count). The summed E-state index contributed by atoms with van der Waals surface area (Å²) in [4.78, 5) is 14.9. The SMILES string of the molecule is COCCOc1cccc(CCSc2nc(N3CCOCC3)c3c(c2C#N)CC(C)(Cc2ccc4c(CCSc5nc(N6CCOCC6)c6c(c5C#N)CC(C)(C)OC6)coc4c2)OC3)c1. The first-order valence-corrected chi connectivity index (χ1v) is 24.9. The van der Waals surface area contributed by atoms with Crippen LogP contribution in [0.25, 0.3) is 11.0 Å². The Labute approximate surface area is 396 Å².